The van der Waals surface area contributed by atoms with Gasteiger partial charge in [0, 0.05) is 24.8 Å². The Labute approximate surface area is 154 Å². The van der Waals surface area contributed by atoms with Gasteiger partial charge in [-0.05, 0) is 38.8 Å². The molecule has 2 unspecified atom stereocenters. The number of nitrogens with two attached hydrogens (primary N) is 1. The van der Waals surface area contributed by atoms with Crippen molar-refractivity contribution in [2.24, 2.45) is 5.73 Å². The van der Waals surface area contributed by atoms with Crippen molar-refractivity contribution in [1.29, 1.82) is 0 Å². The minimum Gasteiger partial charge on any atom is -0.340 e. The molecule has 2 atom stereocenters. The highest BCUT2D eigenvalue weighted by Gasteiger charge is 2.25. The molecular formula is C17H26ClN3O2S. The molecule has 5 nitrogen and oxygen atoms in total. The van der Waals surface area contributed by atoms with Crippen molar-refractivity contribution in [2.45, 2.75) is 38.0 Å². The van der Waals surface area contributed by atoms with Crippen LogP contribution in [0, 0.1) is 6.92 Å². The number of rotatable bonds is 5. The molecular weight excluding hydrogens is 346 g/mol. The third-order valence-electron chi connectivity index (χ3n) is 3.92. The van der Waals surface area contributed by atoms with E-state index in [4.69, 9.17) is 5.73 Å². The van der Waals surface area contributed by atoms with Crippen molar-refractivity contribution >= 4 is 41.7 Å². The van der Waals surface area contributed by atoms with Gasteiger partial charge in [0.1, 0.15) is 0 Å². The van der Waals surface area contributed by atoms with Crippen molar-refractivity contribution in [3.63, 3.8) is 0 Å². The van der Waals surface area contributed by atoms with Gasteiger partial charge >= 0.3 is 0 Å². The lowest BCUT2D eigenvalue weighted by Crippen LogP contribution is -2.48. The smallest absolute Gasteiger partial charge is 0.235 e. The van der Waals surface area contributed by atoms with Gasteiger partial charge in [0.15, 0.2) is 0 Å². The Balaban J connectivity index is 0.00000288. The van der Waals surface area contributed by atoms with E-state index in [1.807, 2.05) is 43.0 Å². The van der Waals surface area contributed by atoms with Crippen LogP contribution >= 0.6 is 24.2 Å². The average Bonchev–Trinajstić information content (AvgIpc) is 2.54. The van der Waals surface area contributed by atoms with Gasteiger partial charge < -0.3 is 16.0 Å². The summed E-state index contributed by atoms with van der Waals surface area (Å²) in [5.74, 6) is 0.253. The van der Waals surface area contributed by atoms with Crippen LogP contribution in [0.1, 0.15) is 25.3 Å². The van der Waals surface area contributed by atoms with Crippen molar-refractivity contribution < 1.29 is 9.59 Å². The van der Waals surface area contributed by atoms with E-state index in [1.54, 1.807) is 0 Å². The van der Waals surface area contributed by atoms with Gasteiger partial charge in [-0.1, -0.05) is 17.7 Å². The fraction of sp³-hybridized carbons (Fsp3) is 0.529. The van der Waals surface area contributed by atoms with Gasteiger partial charge in [-0.25, -0.2) is 0 Å². The molecule has 24 heavy (non-hydrogen) atoms. The number of amides is 2. The molecule has 0 saturated carbocycles. The SMILES string of the molecule is Cc1ccc(NC(=O)CSC(C)C(=O)N2CCCC(N)C2)cc1.Cl. The molecule has 0 aliphatic carbocycles. The normalized spacial score (nSPS) is 18.5. The predicted molar refractivity (Wildman–Crippen MR) is 103 cm³/mol. The summed E-state index contributed by atoms with van der Waals surface area (Å²) in [5.41, 5.74) is 7.85. The lowest BCUT2D eigenvalue weighted by Gasteiger charge is -2.32. The van der Waals surface area contributed by atoms with E-state index in [0.717, 1.165) is 30.6 Å². The highest BCUT2D eigenvalue weighted by Crippen LogP contribution is 2.17. The monoisotopic (exact) mass is 371 g/mol. The third-order valence-corrected chi connectivity index (χ3v) is 5.05. The van der Waals surface area contributed by atoms with Crippen LogP contribution in [0.4, 0.5) is 5.69 Å². The van der Waals surface area contributed by atoms with Gasteiger partial charge in [0.05, 0.1) is 11.0 Å². The van der Waals surface area contributed by atoms with E-state index in [2.05, 4.69) is 5.32 Å². The van der Waals surface area contributed by atoms with E-state index in [-0.39, 0.29) is 41.3 Å². The van der Waals surface area contributed by atoms with Gasteiger partial charge in [0.2, 0.25) is 11.8 Å². The first-order valence-electron chi connectivity index (χ1n) is 7.98. The van der Waals surface area contributed by atoms with E-state index < -0.39 is 0 Å². The molecule has 0 radical (unpaired) electrons. The lowest BCUT2D eigenvalue weighted by molar-refractivity contribution is -0.131. The summed E-state index contributed by atoms with van der Waals surface area (Å²) in [6.45, 7) is 5.25. The number of nitrogens with zero attached hydrogens (tertiary/aromatic N) is 1. The molecule has 134 valence electrons. The molecule has 0 bridgehead atoms. The fourth-order valence-corrected chi connectivity index (χ4v) is 3.34. The molecule has 1 aromatic rings. The highest BCUT2D eigenvalue weighted by molar-refractivity contribution is 8.01. The van der Waals surface area contributed by atoms with E-state index in [1.165, 1.54) is 11.8 Å². The van der Waals surface area contributed by atoms with Gasteiger partial charge in [0.25, 0.3) is 0 Å². The van der Waals surface area contributed by atoms with Crippen LogP contribution in [0.3, 0.4) is 0 Å². The number of thioether (sulfide) groups is 1. The molecule has 1 aliphatic rings. The number of carbonyl (C=O) groups excluding carboxylic acids is 2. The summed E-state index contributed by atoms with van der Waals surface area (Å²) in [5, 5.41) is 2.61. The molecule has 7 heteroatoms. The summed E-state index contributed by atoms with van der Waals surface area (Å²) in [4.78, 5) is 26.2. The first-order valence-corrected chi connectivity index (χ1v) is 9.03. The number of aryl methyl sites for hydroxylation is 1. The summed E-state index contributed by atoms with van der Waals surface area (Å²) >= 11 is 1.37. The number of anilines is 1. The Morgan fingerprint density at radius 2 is 2.04 bits per heavy atom. The molecule has 1 aromatic carbocycles. The largest absolute Gasteiger partial charge is 0.340 e. The highest BCUT2D eigenvalue weighted by atomic mass is 35.5. The number of benzene rings is 1. The Kier molecular flexibility index (Phi) is 8.59. The topological polar surface area (TPSA) is 75.4 Å². The molecule has 0 spiro atoms. The number of halogens is 1. The van der Waals surface area contributed by atoms with Crippen molar-refractivity contribution in [3.05, 3.63) is 29.8 Å². The maximum Gasteiger partial charge on any atom is 0.235 e. The van der Waals surface area contributed by atoms with Crippen LogP contribution in [0.2, 0.25) is 0 Å². The Bertz CT molecular complexity index is 553. The van der Waals surface area contributed by atoms with E-state index >= 15 is 0 Å². The molecule has 2 amide bonds. The Hall–Kier alpha value is -1.24. The molecule has 2 rings (SSSR count). The van der Waals surface area contributed by atoms with Gasteiger partial charge in [-0.3, -0.25) is 9.59 Å². The molecule has 1 fully saturated rings. The van der Waals surface area contributed by atoms with Gasteiger partial charge in [-0.2, -0.15) is 0 Å². The maximum atomic E-state index is 12.4. The third kappa shape index (κ3) is 6.34. The van der Waals surface area contributed by atoms with Crippen LogP contribution in [-0.2, 0) is 9.59 Å². The van der Waals surface area contributed by atoms with E-state index in [9.17, 15) is 9.59 Å². The molecule has 1 saturated heterocycles. The lowest BCUT2D eigenvalue weighted by atomic mass is 10.1. The van der Waals surface area contributed by atoms with Crippen molar-refractivity contribution in [3.8, 4) is 0 Å². The quantitative estimate of drug-likeness (QED) is 0.833. The Morgan fingerprint density at radius 1 is 1.38 bits per heavy atom. The minimum absolute atomic E-state index is 0. The minimum atomic E-state index is -0.232. The number of likely N-dealkylation sites (tertiary alicyclic amines) is 1. The second kappa shape index (κ2) is 9.91. The first kappa shape index (κ1) is 20.8. The molecule has 3 N–H and O–H groups in total. The van der Waals surface area contributed by atoms with Crippen molar-refractivity contribution in [2.75, 3.05) is 24.2 Å². The van der Waals surface area contributed by atoms with Crippen LogP contribution < -0.4 is 11.1 Å². The molecule has 0 aromatic heterocycles. The zero-order valence-electron chi connectivity index (χ0n) is 14.2. The first-order chi connectivity index (χ1) is 11.0. The Morgan fingerprint density at radius 3 is 2.67 bits per heavy atom. The summed E-state index contributed by atoms with van der Waals surface area (Å²) < 4.78 is 0. The zero-order chi connectivity index (χ0) is 16.8. The number of hydrogen-bond acceptors (Lipinski definition) is 4. The predicted octanol–water partition coefficient (Wildman–Crippen LogP) is 2.43. The summed E-state index contributed by atoms with van der Waals surface area (Å²) in [6, 6.07) is 7.74. The number of hydrogen-bond donors (Lipinski definition) is 2. The fourth-order valence-electron chi connectivity index (χ4n) is 2.57. The summed E-state index contributed by atoms with van der Waals surface area (Å²) in [6.07, 6.45) is 1.93. The van der Waals surface area contributed by atoms with Crippen molar-refractivity contribution in [1.82, 2.24) is 4.90 Å². The summed E-state index contributed by atoms with van der Waals surface area (Å²) in [7, 11) is 0. The van der Waals surface area contributed by atoms with Gasteiger partial charge in [-0.15, -0.1) is 24.2 Å². The number of nitrogens with one attached hydrogen (secondary N) is 1. The molecule has 1 heterocycles. The van der Waals surface area contributed by atoms with Crippen LogP contribution in [0.15, 0.2) is 24.3 Å². The second-order valence-electron chi connectivity index (χ2n) is 6.05. The van der Waals surface area contributed by atoms with Crippen LogP contribution in [0.25, 0.3) is 0 Å². The number of carbonyl (C=O) groups is 2. The maximum absolute atomic E-state index is 12.4. The van der Waals surface area contributed by atoms with Crippen LogP contribution in [-0.4, -0.2) is 46.8 Å². The molecule has 1 aliphatic heterocycles. The number of piperidine rings is 1. The average molecular weight is 372 g/mol. The standard InChI is InChI=1S/C17H25N3O2S.ClH/c1-12-5-7-15(8-6-12)19-16(21)11-23-13(2)17(22)20-9-3-4-14(18)10-20;/h5-8,13-14H,3-4,9-11,18H2,1-2H3,(H,19,21);1H. The zero-order valence-corrected chi connectivity index (χ0v) is 15.8. The second-order valence-corrected chi connectivity index (χ2v) is 7.38. The van der Waals surface area contributed by atoms with E-state index in [0.29, 0.717) is 6.54 Å². The van der Waals surface area contributed by atoms with Crippen LogP contribution in [0.5, 0.6) is 0 Å².